The number of carboxylic acid groups (broad SMARTS) is 1. The monoisotopic (exact) mass is 336 g/mol. The second-order valence-electron chi connectivity index (χ2n) is 3.70. The van der Waals surface area contributed by atoms with Crippen LogP contribution in [0.3, 0.4) is 0 Å². The summed E-state index contributed by atoms with van der Waals surface area (Å²) in [6.45, 7) is 0. The third-order valence-corrected chi connectivity index (χ3v) is 2.67. The molecule has 0 atom stereocenters. The van der Waals surface area contributed by atoms with Crippen LogP contribution < -0.4 is 5.32 Å². The zero-order valence-corrected chi connectivity index (χ0v) is 11.6. The second kappa shape index (κ2) is 6.16. The summed E-state index contributed by atoms with van der Waals surface area (Å²) in [5.41, 5.74) is 0.323. The van der Waals surface area contributed by atoms with Crippen LogP contribution in [-0.2, 0) is 4.79 Å². The van der Waals surface area contributed by atoms with Crippen molar-refractivity contribution >= 4 is 39.6 Å². The molecule has 0 radical (unpaired) electrons. The first kappa shape index (κ1) is 14.0. The van der Waals surface area contributed by atoms with Crippen molar-refractivity contribution in [2.45, 2.75) is 0 Å². The Hall–Kier alpha value is -2.41. The summed E-state index contributed by atoms with van der Waals surface area (Å²) < 4.78 is 5.77. The average molecular weight is 337 g/mol. The number of hydrogen-bond acceptors (Lipinski definition) is 4. The van der Waals surface area contributed by atoms with Crippen molar-refractivity contribution in [2.75, 3.05) is 5.32 Å². The van der Waals surface area contributed by atoms with Gasteiger partial charge in [0, 0.05) is 6.08 Å². The van der Waals surface area contributed by atoms with Crippen molar-refractivity contribution in [2.24, 2.45) is 0 Å². The van der Waals surface area contributed by atoms with E-state index in [1.807, 2.05) is 0 Å². The smallest absolute Gasteiger partial charge is 0.354 e. The highest BCUT2D eigenvalue weighted by Gasteiger charge is 2.04. The topological polar surface area (TPSA) is 92.4 Å². The zero-order valence-electron chi connectivity index (χ0n) is 10.0. The van der Waals surface area contributed by atoms with Crippen molar-refractivity contribution in [1.82, 2.24) is 4.98 Å². The van der Waals surface area contributed by atoms with E-state index in [1.54, 1.807) is 12.1 Å². The van der Waals surface area contributed by atoms with Crippen LogP contribution in [0.5, 0.6) is 0 Å². The quantitative estimate of drug-likeness (QED) is 0.837. The molecule has 2 aromatic rings. The van der Waals surface area contributed by atoms with Gasteiger partial charge in [0.25, 0.3) is 0 Å². The van der Waals surface area contributed by atoms with Gasteiger partial charge in [0.1, 0.15) is 11.5 Å². The minimum absolute atomic E-state index is 0.0843. The number of carboxylic acids is 1. The van der Waals surface area contributed by atoms with E-state index >= 15 is 0 Å². The van der Waals surface area contributed by atoms with Gasteiger partial charge in [0.2, 0.25) is 5.91 Å². The van der Waals surface area contributed by atoms with Gasteiger partial charge >= 0.3 is 5.97 Å². The molecule has 0 saturated heterocycles. The van der Waals surface area contributed by atoms with Crippen LogP contribution in [-0.4, -0.2) is 22.0 Å². The number of amides is 1. The van der Waals surface area contributed by atoms with Gasteiger partial charge in [-0.25, -0.2) is 9.78 Å². The predicted octanol–water partition coefficient (Wildman–Crippen LogP) is 2.79. The fourth-order valence-electron chi connectivity index (χ4n) is 1.35. The van der Waals surface area contributed by atoms with E-state index in [1.165, 1.54) is 30.5 Å². The Morgan fingerprint density at radius 2 is 2.10 bits per heavy atom. The van der Waals surface area contributed by atoms with Gasteiger partial charge in [-0.2, -0.15) is 0 Å². The average Bonchev–Trinajstić information content (AvgIpc) is 2.83. The molecule has 0 aliphatic heterocycles. The summed E-state index contributed by atoms with van der Waals surface area (Å²) in [6, 6.07) is 6.19. The van der Waals surface area contributed by atoms with Crippen LogP contribution in [0.4, 0.5) is 5.69 Å². The van der Waals surface area contributed by atoms with E-state index in [0.717, 1.165) is 0 Å². The van der Waals surface area contributed by atoms with Crippen molar-refractivity contribution in [3.63, 3.8) is 0 Å². The number of halogens is 1. The van der Waals surface area contributed by atoms with Crippen LogP contribution in [0, 0.1) is 0 Å². The number of rotatable bonds is 4. The highest BCUT2D eigenvalue weighted by molar-refractivity contribution is 9.10. The first-order chi connectivity index (χ1) is 9.54. The highest BCUT2D eigenvalue weighted by Crippen LogP contribution is 2.15. The molecule has 0 spiro atoms. The molecule has 2 rings (SSSR count). The van der Waals surface area contributed by atoms with Gasteiger partial charge in [-0.05, 0) is 46.3 Å². The summed E-state index contributed by atoms with van der Waals surface area (Å²) in [5.74, 6) is -0.958. The summed E-state index contributed by atoms with van der Waals surface area (Å²) in [4.78, 5) is 25.9. The number of furan rings is 1. The number of aromatic carboxylic acids is 1. The third kappa shape index (κ3) is 3.79. The first-order valence-electron chi connectivity index (χ1n) is 5.48. The lowest BCUT2D eigenvalue weighted by atomic mass is 10.3. The first-order valence-corrected chi connectivity index (χ1v) is 6.27. The number of nitrogens with zero attached hydrogens (tertiary/aromatic N) is 1. The Morgan fingerprint density at radius 3 is 2.65 bits per heavy atom. The molecule has 2 heterocycles. The zero-order chi connectivity index (χ0) is 14.5. The van der Waals surface area contributed by atoms with E-state index in [4.69, 9.17) is 9.52 Å². The predicted molar refractivity (Wildman–Crippen MR) is 75.3 cm³/mol. The van der Waals surface area contributed by atoms with Gasteiger partial charge in [-0.3, -0.25) is 4.79 Å². The molecule has 0 unspecified atom stereocenters. The standard InChI is InChI=1S/C13H9BrN2O4/c14-11-5-2-9(20-11)3-6-12(17)16-8-1-4-10(13(18)19)15-7-8/h1-7H,(H,16,17)(H,18,19)/b6-3+. The van der Waals surface area contributed by atoms with Crippen molar-refractivity contribution in [1.29, 1.82) is 0 Å². The Balaban J connectivity index is 1.97. The molecule has 6 nitrogen and oxygen atoms in total. The Labute approximate surface area is 122 Å². The maximum Gasteiger partial charge on any atom is 0.354 e. The molecular weight excluding hydrogens is 328 g/mol. The molecule has 0 saturated carbocycles. The number of nitrogens with one attached hydrogen (secondary N) is 1. The van der Waals surface area contributed by atoms with Gasteiger partial charge in [-0.1, -0.05) is 0 Å². The third-order valence-electron chi connectivity index (χ3n) is 2.24. The lowest BCUT2D eigenvalue weighted by Gasteiger charge is -2.01. The van der Waals surface area contributed by atoms with Gasteiger partial charge in [0.05, 0.1) is 11.9 Å². The van der Waals surface area contributed by atoms with Gasteiger partial charge in [0.15, 0.2) is 4.67 Å². The lowest BCUT2D eigenvalue weighted by Crippen LogP contribution is -2.08. The summed E-state index contributed by atoms with van der Waals surface area (Å²) in [6.07, 6.45) is 4.09. The molecular formula is C13H9BrN2O4. The van der Waals surface area contributed by atoms with Crippen molar-refractivity contribution in [3.8, 4) is 0 Å². The molecule has 102 valence electrons. The van der Waals surface area contributed by atoms with E-state index in [9.17, 15) is 9.59 Å². The number of anilines is 1. The number of carbonyl (C=O) groups is 2. The largest absolute Gasteiger partial charge is 0.477 e. The number of pyridine rings is 1. The molecule has 1 amide bonds. The van der Waals surface area contributed by atoms with Gasteiger partial charge < -0.3 is 14.8 Å². The second-order valence-corrected chi connectivity index (χ2v) is 4.48. The molecule has 0 aliphatic rings. The molecule has 0 aliphatic carbocycles. The van der Waals surface area contributed by atoms with Crippen LogP contribution in [0.1, 0.15) is 16.2 Å². The molecule has 7 heteroatoms. The van der Waals surface area contributed by atoms with E-state index < -0.39 is 5.97 Å². The van der Waals surface area contributed by atoms with Crippen LogP contribution in [0.15, 0.2) is 45.6 Å². The maximum absolute atomic E-state index is 11.6. The van der Waals surface area contributed by atoms with Crippen molar-refractivity contribution in [3.05, 3.63) is 52.7 Å². The summed E-state index contributed by atoms with van der Waals surface area (Å²) in [5, 5.41) is 11.2. The SMILES string of the molecule is O=C(/C=C/c1ccc(Br)o1)Nc1ccc(C(=O)O)nc1. The van der Waals surface area contributed by atoms with Crippen LogP contribution in [0.2, 0.25) is 0 Å². The minimum atomic E-state index is -1.12. The Morgan fingerprint density at radius 1 is 1.30 bits per heavy atom. The minimum Gasteiger partial charge on any atom is -0.477 e. The van der Waals surface area contributed by atoms with Crippen LogP contribution in [0.25, 0.3) is 6.08 Å². The molecule has 0 fully saturated rings. The highest BCUT2D eigenvalue weighted by atomic mass is 79.9. The number of aromatic nitrogens is 1. The normalized spacial score (nSPS) is 10.7. The van der Waals surface area contributed by atoms with Gasteiger partial charge in [-0.15, -0.1) is 0 Å². The summed E-state index contributed by atoms with van der Waals surface area (Å²) >= 11 is 3.15. The fourth-order valence-corrected chi connectivity index (χ4v) is 1.67. The number of carbonyl (C=O) groups excluding carboxylic acids is 1. The Kier molecular flexibility index (Phi) is 4.31. The molecule has 0 bridgehead atoms. The molecule has 0 aromatic carbocycles. The van der Waals surface area contributed by atoms with Crippen LogP contribution >= 0.6 is 15.9 Å². The van der Waals surface area contributed by atoms with E-state index in [0.29, 0.717) is 16.1 Å². The number of hydrogen-bond donors (Lipinski definition) is 2. The van der Waals surface area contributed by atoms with E-state index in [-0.39, 0.29) is 11.6 Å². The maximum atomic E-state index is 11.6. The van der Waals surface area contributed by atoms with Crippen molar-refractivity contribution < 1.29 is 19.1 Å². The fraction of sp³-hybridized carbons (Fsp3) is 0. The van der Waals surface area contributed by atoms with E-state index in [2.05, 4.69) is 26.2 Å². The molecule has 2 N–H and O–H groups in total. The molecule has 2 aromatic heterocycles. The Bertz CT molecular complexity index is 661. The lowest BCUT2D eigenvalue weighted by molar-refractivity contribution is -0.111. The molecule has 20 heavy (non-hydrogen) atoms. The summed E-state index contributed by atoms with van der Waals surface area (Å²) in [7, 11) is 0.